The van der Waals surface area contributed by atoms with Crippen molar-refractivity contribution in [3.8, 4) is 11.3 Å². The molecule has 0 fully saturated rings. The monoisotopic (exact) mass is 293 g/mol. The third-order valence-corrected chi connectivity index (χ3v) is 3.31. The van der Waals surface area contributed by atoms with Crippen molar-refractivity contribution in [2.45, 2.75) is 46.1 Å². The lowest BCUT2D eigenvalue weighted by atomic mass is 10.1. The number of halogens is 2. The standard InChI is InChI=1S/C16H21F2N3/c1-9(2)15-20-13(14(19)21(15)16(3,4)5)11-7-6-10(17)8-12(11)18/h6-9H,19H2,1-5H3. The molecule has 0 spiro atoms. The Morgan fingerprint density at radius 2 is 1.81 bits per heavy atom. The summed E-state index contributed by atoms with van der Waals surface area (Å²) in [5.41, 5.74) is 6.52. The van der Waals surface area contributed by atoms with E-state index in [0.29, 0.717) is 11.5 Å². The molecule has 2 N–H and O–H groups in total. The molecular formula is C16H21F2N3. The van der Waals surface area contributed by atoms with Gasteiger partial charge < -0.3 is 10.3 Å². The molecule has 0 amide bonds. The highest BCUT2D eigenvalue weighted by Crippen LogP contribution is 2.35. The molecule has 1 heterocycles. The number of nitrogens with zero attached hydrogens (tertiary/aromatic N) is 2. The van der Waals surface area contributed by atoms with Gasteiger partial charge in [-0.25, -0.2) is 13.8 Å². The lowest BCUT2D eigenvalue weighted by Gasteiger charge is -2.26. The van der Waals surface area contributed by atoms with E-state index >= 15 is 0 Å². The summed E-state index contributed by atoms with van der Waals surface area (Å²) in [7, 11) is 0. The van der Waals surface area contributed by atoms with Gasteiger partial charge in [0.2, 0.25) is 0 Å². The summed E-state index contributed by atoms with van der Waals surface area (Å²) in [6.07, 6.45) is 0. The van der Waals surface area contributed by atoms with Crippen LogP contribution in [0.3, 0.4) is 0 Å². The zero-order valence-corrected chi connectivity index (χ0v) is 13.0. The predicted molar refractivity (Wildman–Crippen MR) is 81.1 cm³/mol. The Labute approximate surface area is 123 Å². The Hall–Kier alpha value is -1.91. The number of imidazole rings is 1. The number of nitrogens with two attached hydrogens (primary N) is 1. The van der Waals surface area contributed by atoms with Crippen molar-refractivity contribution in [2.75, 3.05) is 5.73 Å². The van der Waals surface area contributed by atoms with Gasteiger partial charge in [0, 0.05) is 23.1 Å². The zero-order chi connectivity index (χ0) is 15.9. The largest absolute Gasteiger partial charge is 0.383 e. The number of benzene rings is 1. The first-order chi connectivity index (χ1) is 9.62. The number of hydrogen-bond donors (Lipinski definition) is 1. The summed E-state index contributed by atoms with van der Waals surface area (Å²) in [4.78, 5) is 4.51. The van der Waals surface area contributed by atoms with E-state index in [1.54, 1.807) is 0 Å². The maximum atomic E-state index is 14.0. The van der Waals surface area contributed by atoms with Gasteiger partial charge in [-0.2, -0.15) is 0 Å². The van der Waals surface area contributed by atoms with Gasteiger partial charge in [0.05, 0.1) is 0 Å². The normalized spacial score (nSPS) is 12.2. The van der Waals surface area contributed by atoms with Crippen molar-refractivity contribution in [1.82, 2.24) is 9.55 Å². The molecule has 0 aliphatic carbocycles. The second kappa shape index (κ2) is 5.13. The molecule has 0 saturated carbocycles. The summed E-state index contributed by atoms with van der Waals surface area (Å²) < 4.78 is 29.0. The third-order valence-electron chi connectivity index (χ3n) is 3.31. The number of aromatic nitrogens is 2. The van der Waals surface area contributed by atoms with Crippen molar-refractivity contribution in [3.63, 3.8) is 0 Å². The van der Waals surface area contributed by atoms with Gasteiger partial charge in [-0.05, 0) is 32.9 Å². The molecule has 0 radical (unpaired) electrons. The number of anilines is 1. The molecule has 1 aromatic carbocycles. The minimum atomic E-state index is -0.657. The fourth-order valence-electron chi connectivity index (χ4n) is 2.42. The molecular weight excluding hydrogens is 272 g/mol. The summed E-state index contributed by atoms with van der Waals surface area (Å²) in [5.74, 6) is 0.0592. The molecule has 0 unspecified atom stereocenters. The Balaban J connectivity index is 2.71. The molecule has 5 heteroatoms. The highest BCUT2D eigenvalue weighted by Gasteiger charge is 2.27. The van der Waals surface area contributed by atoms with Crippen LogP contribution in [0, 0.1) is 11.6 Å². The zero-order valence-electron chi connectivity index (χ0n) is 13.0. The first kappa shape index (κ1) is 15.5. The van der Waals surface area contributed by atoms with Crippen LogP contribution in [-0.4, -0.2) is 9.55 Å². The minimum absolute atomic E-state index is 0.142. The van der Waals surface area contributed by atoms with Crippen LogP contribution in [-0.2, 0) is 5.54 Å². The van der Waals surface area contributed by atoms with Gasteiger partial charge in [-0.3, -0.25) is 0 Å². The van der Waals surface area contributed by atoms with Gasteiger partial charge in [0.15, 0.2) is 0 Å². The van der Waals surface area contributed by atoms with Gasteiger partial charge in [-0.15, -0.1) is 0 Å². The maximum Gasteiger partial charge on any atom is 0.135 e. The average Bonchev–Trinajstić information content (AvgIpc) is 2.67. The van der Waals surface area contributed by atoms with Crippen molar-refractivity contribution in [1.29, 1.82) is 0 Å². The minimum Gasteiger partial charge on any atom is -0.383 e. The molecule has 2 rings (SSSR count). The second-order valence-electron chi connectivity index (χ2n) is 6.49. The van der Waals surface area contributed by atoms with Crippen molar-refractivity contribution in [3.05, 3.63) is 35.7 Å². The van der Waals surface area contributed by atoms with Crippen LogP contribution >= 0.6 is 0 Å². The second-order valence-corrected chi connectivity index (χ2v) is 6.49. The molecule has 1 aromatic heterocycles. The average molecular weight is 293 g/mol. The van der Waals surface area contributed by atoms with Crippen LogP contribution in [0.25, 0.3) is 11.3 Å². The highest BCUT2D eigenvalue weighted by molar-refractivity contribution is 5.72. The van der Waals surface area contributed by atoms with Crippen molar-refractivity contribution >= 4 is 5.82 Å². The highest BCUT2D eigenvalue weighted by atomic mass is 19.1. The quantitative estimate of drug-likeness (QED) is 0.897. The van der Waals surface area contributed by atoms with Crippen LogP contribution in [0.2, 0.25) is 0 Å². The van der Waals surface area contributed by atoms with Crippen LogP contribution < -0.4 is 5.73 Å². The SMILES string of the molecule is CC(C)c1nc(-c2ccc(F)cc2F)c(N)n1C(C)(C)C. The fourth-order valence-corrected chi connectivity index (χ4v) is 2.42. The van der Waals surface area contributed by atoms with Gasteiger partial charge in [0.25, 0.3) is 0 Å². The summed E-state index contributed by atoms with van der Waals surface area (Å²) in [6, 6.07) is 3.43. The van der Waals surface area contributed by atoms with Gasteiger partial charge >= 0.3 is 0 Å². The van der Waals surface area contributed by atoms with Crippen molar-refractivity contribution < 1.29 is 8.78 Å². The first-order valence-corrected chi connectivity index (χ1v) is 6.97. The Kier molecular flexibility index (Phi) is 3.78. The molecule has 0 aliphatic heterocycles. The number of rotatable bonds is 2. The van der Waals surface area contributed by atoms with Crippen LogP contribution in [0.15, 0.2) is 18.2 Å². The van der Waals surface area contributed by atoms with Gasteiger partial charge in [-0.1, -0.05) is 13.8 Å². The topological polar surface area (TPSA) is 43.8 Å². The van der Waals surface area contributed by atoms with E-state index in [1.165, 1.54) is 12.1 Å². The summed E-state index contributed by atoms with van der Waals surface area (Å²) >= 11 is 0. The molecule has 0 aliphatic rings. The Morgan fingerprint density at radius 3 is 2.24 bits per heavy atom. The Morgan fingerprint density at radius 1 is 1.19 bits per heavy atom. The van der Waals surface area contributed by atoms with E-state index in [1.807, 2.05) is 39.2 Å². The number of hydrogen-bond acceptors (Lipinski definition) is 2. The molecule has 0 saturated heterocycles. The Bertz CT molecular complexity index is 667. The summed E-state index contributed by atoms with van der Waals surface area (Å²) in [5, 5.41) is 0. The molecule has 2 aromatic rings. The number of nitrogen functional groups attached to an aromatic ring is 1. The van der Waals surface area contributed by atoms with Crippen LogP contribution in [0.1, 0.15) is 46.4 Å². The van der Waals surface area contributed by atoms with E-state index < -0.39 is 11.6 Å². The molecule has 3 nitrogen and oxygen atoms in total. The molecule has 114 valence electrons. The smallest absolute Gasteiger partial charge is 0.135 e. The lowest BCUT2D eigenvalue weighted by molar-refractivity contribution is 0.382. The maximum absolute atomic E-state index is 14.0. The third kappa shape index (κ3) is 2.77. The van der Waals surface area contributed by atoms with E-state index in [0.717, 1.165) is 11.9 Å². The predicted octanol–water partition coefficient (Wildman–Crippen LogP) is 4.29. The molecule has 0 bridgehead atoms. The van der Waals surface area contributed by atoms with E-state index in [-0.39, 0.29) is 17.0 Å². The first-order valence-electron chi connectivity index (χ1n) is 6.97. The van der Waals surface area contributed by atoms with Crippen LogP contribution in [0.5, 0.6) is 0 Å². The van der Waals surface area contributed by atoms with Crippen LogP contribution in [0.4, 0.5) is 14.6 Å². The van der Waals surface area contributed by atoms with E-state index in [9.17, 15) is 8.78 Å². The van der Waals surface area contributed by atoms with Gasteiger partial charge in [0.1, 0.15) is 29.0 Å². The molecule has 0 atom stereocenters. The van der Waals surface area contributed by atoms with E-state index in [4.69, 9.17) is 5.73 Å². The summed E-state index contributed by atoms with van der Waals surface area (Å²) in [6.45, 7) is 10.1. The van der Waals surface area contributed by atoms with E-state index in [2.05, 4.69) is 4.98 Å². The fraction of sp³-hybridized carbons (Fsp3) is 0.438. The van der Waals surface area contributed by atoms with Crippen molar-refractivity contribution in [2.24, 2.45) is 0 Å². The molecule has 21 heavy (non-hydrogen) atoms. The lowest BCUT2D eigenvalue weighted by Crippen LogP contribution is -2.26.